The molecular weight excluding hydrogens is 219 g/mol. The molecule has 0 aliphatic carbocycles. The van der Waals surface area contributed by atoms with Gasteiger partial charge in [0.15, 0.2) is 0 Å². The highest BCUT2D eigenvalue weighted by atomic mass is 19.1. The quantitative estimate of drug-likeness (QED) is 0.876. The van der Waals surface area contributed by atoms with Crippen LogP contribution in [-0.2, 0) is 6.54 Å². The smallest absolute Gasteiger partial charge is 0.141 e. The first kappa shape index (κ1) is 11.7. The zero-order valence-electron chi connectivity index (χ0n) is 9.89. The zero-order valence-corrected chi connectivity index (χ0v) is 9.89. The average molecular weight is 234 g/mol. The number of aryl methyl sites for hydroxylation is 1. The van der Waals surface area contributed by atoms with E-state index in [1.165, 1.54) is 12.3 Å². The first-order valence-electron chi connectivity index (χ1n) is 5.54. The molecule has 0 saturated carbocycles. The Morgan fingerprint density at radius 1 is 1.35 bits per heavy atom. The van der Waals surface area contributed by atoms with E-state index in [2.05, 4.69) is 15.4 Å². The predicted octanol–water partition coefficient (Wildman–Crippen LogP) is 1.75. The van der Waals surface area contributed by atoms with Gasteiger partial charge in [-0.15, -0.1) is 0 Å². The Morgan fingerprint density at radius 3 is 2.76 bits per heavy atom. The van der Waals surface area contributed by atoms with Gasteiger partial charge in [0.1, 0.15) is 5.82 Å². The zero-order chi connectivity index (χ0) is 12.3. The van der Waals surface area contributed by atoms with Crippen LogP contribution in [0.25, 0.3) is 0 Å². The fourth-order valence-electron chi connectivity index (χ4n) is 1.81. The van der Waals surface area contributed by atoms with E-state index in [0.717, 1.165) is 17.7 Å². The van der Waals surface area contributed by atoms with Crippen LogP contribution in [0.5, 0.6) is 0 Å². The molecule has 0 bridgehead atoms. The molecule has 5 heteroatoms. The van der Waals surface area contributed by atoms with Crippen molar-refractivity contribution in [1.29, 1.82) is 0 Å². The minimum Gasteiger partial charge on any atom is -0.309 e. The van der Waals surface area contributed by atoms with Crippen LogP contribution in [0, 0.1) is 5.82 Å². The molecule has 0 fully saturated rings. The van der Waals surface area contributed by atoms with Crippen LogP contribution in [0.2, 0.25) is 0 Å². The second-order valence-corrected chi connectivity index (χ2v) is 3.79. The maximum absolute atomic E-state index is 13.1. The molecular formula is C12H15FN4. The molecule has 0 aromatic carbocycles. The molecule has 2 rings (SSSR count). The number of halogens is 1. The number of nitrogens with zero attached hydrogens (tertiary/aromatic N) is 3. The highest BCUT2D eigenvalue weighted by molar-refractivity contribution is 5.26. The highest BCUT2D eigenvalue weighted by Crippen LogP contribution is 2.20. The SMILES string of the molecule is CCn1cc(C(NC)c2cncc(F)c2)cn1. The minimum absolute atomic E-state index is 0.0847. The van der Waals surface area contributed by atoms with Crippen molar-refractivity contribution in [2.24, 2.45) is 0 Å². The van der Waals surface area contributed by atoms with Gasteiger partial charge < -0.3 is 5.32 Å². The Bertz CT molecular complexity index is 495. The van der Waals surface area contributed by atoms with Gasteiger partial charge in [0.2, 0.25) is 0 Å². The lowest BCUT2D eigenvalue weighted by Crippen LogP contribution is -2.17. The van der Waals surface area contributed by atoms with Crippen LogP contribution in [0.4, 0.5) is 4.39 Å². The molecule has 0 radical (unpaired) electrons. The van der Waals surface area contributed by atoms with Gasteiger partial charge in [0.25, 0.3) is 0 Å². The van der Waals surface area contributed by atoms with Crippen molar-refractivity contribution in [3.8, 4) is 0 Å². The third-order valence-electron chi connectivity index (χ3n) is 2.66. The average Bonchev–Trinajstić information content (AvgIpc) is 2.79. The normalized spacial score (nSPS) is 12.6. The summed E-state index contributed by atoms with van der Waals surface area (Å²) in [6.45, 7) is 2.84. The van der Waals surface area contributed by atoms with E-state index in [1.807, 2.05) is 24.9 Å². The Kier molecular flexibility index (Phi) is 3.49. The van der Waals surface area contributed by atoms with Crippen LogP contribution in [0.3, 0.4) is 0 Å². The molecule has 1 unspecified atom stereocenters. The predicted molar refractivity (Wildman–Crippen MR) is 63.0 cm³/mol. The third-order valence-corrected chi connectivity index (χ3v) is 2.66. The Balaban J connectivity index is 2.33. The van der Waals surface area contributed by atoms with E-state index in [0.29, 0.717) is 0 Å². The monoisotopic (exact) mass is 234 g/mol. The van der Waals surface area contributed by atoms with E-state index >= 15 is 0 Å². The molecule has 0 aliphatic heterocycles. The van der Waals surface area contributed by atoms with Crippen molar-refractivity contribution < 1.29 is 4.39 Å². The lowest BCUT2D eigenvalue weighted by Gasteiger charge is -2.14. The third kappa shape index (κ3) is 2.50. The fourth-order valence-corrected chi connectivity index (χ4v) is 1.81. The number of aromatic nitrogens is 3. The Labute approximate surface area is 99.5 Å². The Morgan fingerprint density at radius 2 is 2.18 bits per heavy atom. The number of pyridine rings is 1. The van der Waals surface area contributed by atoms with E-state index in [1.54, 1.807) is 12.4 Å². The summed E-state index contributed by atoms with van der Waals surface area (Å²) in [5.41, 5.74) is 1.80. The topological polar surface area (TPSA) is 42.7 Å². The molecule has 2 aromatic rings. The lowest BCUT2D eigenvalue weighted by atomic mass is 10.0. The van der Waals surface area contributed by atoms with Crippen molar-refractivity contribution >= 4 is 0 Å². The van der Waals surface area contributed by atoms with Gasteiger partial charge in [-0.1, -0.05) is 0 Å². The van der Waals surface area contributed by atoms with Crippen molar-refractivity contribution in [1.82, 2.24) is 20.1 Å². The van der Waals surface area contributed by atoms with Crippen molar-refractivity contribution in [3.05, 3.63) is 47.8 Å². The van der Waals surface area contributed by atoms with Crippen molar-refractivity contribution in [2.75, 3.05) is 7.05 Å². The van der Waals surface area contributed by atoms with Gasteiger partial charge in [0.05, 0.1) is 18.4 Å². The van der Waals surface area contributed by atoms with E-state index < -0.39 is 0 Å². The summed E-state index contributed by atoms with van der Waals surface area (Å²) in [6, 6.07) is 1.40. The van der Waals surface area contributed by atoms with E-state index in [-0.39, 0.29) is 11.9 Å². The maximum atomic E-state index is 13.1. The maximum Gasteiger partial charge on any atom is 0.141 e. The molecule has 1 N–H and O–H groups in total. The second kappa shape index (κ2) is 5.05. The number of nitrogens with one attached hydrogen (secondary N) is 1. The molecule has 17 heavy (non-hydrogen) atoms. The van der Waals surface area contributed by atoms with Crippen molar-refractivity contribution in [2.45, 2.75) is 19.5 Å². The number of hydrogen-bond donors (Lipinski definition) is 1. The summed E-state index contributed by atoms with van der Waals surface area (Å²) in [4.78, 5) is 3.86. The summed E-state index contributed by atoms with van der Waals surface area (Å²) in [5.74, 6) is -0.328. The van der Waals surface area contributed by atoms with Crippen LogP contribution in [0.15, 0.2) is 30.9 Å². The standard InChI is InChI=1S/C12H15FN4/c1-3-17-8-10(6-16-17)12(14-2)9-4-11(13)7-15-5-9/h4-8,12,14H,3H2,1-2H3. The Hall–Kier alpha value is -1.75. The fraction of sp³-hybridized carbons (Fsp3) is 0.333. The molecule has 2 aromatic heterocycles. The van der Waals surface area contributed by atoms with Crippen molar-refractivity contribution in [3.63, 3.8) is 0 Å². The van der Waals surface area contributed by atoms with Gasteiger partial charge in [-0.2, -0.15) is 5.10 Å². The van der Waals surface area contributed by atoms with Gasteiger partial charge in [-0.3, -0.25) is 9.67 Å². The highest BCUT2D eigenvalue weighted by Gasteiger charge is 2.14. The summed E-state index contributed by atoms with van der Waals surface area (Å²) in [6.07, 6.45) is 6.60. The summed E-state index contributed by atoms with van der Waals surface area (Å²) < 4.78 is 15.0. The van der Waals surface area contributed by atoms with Crippen LogP contribution < -0.4 is 5.32 Å². The van der Waals surface area contributed by atoms with E-state index in [9.17, 15) is 4.39 Å². The first-order chi connectivity index (χ1) is 8.24. The summed E-state index contributed by atoms with van der Waals surface area (Å²) in [7, 11) is 1.83. The molecule has 90 valence electrons. The van der Waals surface area contributed by atoms with E-state index in [4.69, 9.17) is 0 Å². The molecule has 0 aliphatic rings. The van der Waals surface area contributed by atoms with Crippen LogP contribution in [0.1, 0.15) is 24.1 Å². The molecule has 0 amide bonds. The lowest BCUT2D eigenvalue weighted by molar-refractivity contribution is 0.608. The molecule has 0 spiro atoms. The van der Waals surface area contributed by atoms with Gasteiger partial charge in [-0.05, 0) is 25.6 Å². The number of hydrogen-bond acceptors (Lipinski definition) is 3. The summed E-state index contributed by atoms with van der Waals surface area (Å²) in [5, 5.41) is 7.35. The van der Waals surface area contributed by atoms with Gasteiger partial charge >= 0.3 is 0 Å². The second-order valence-electron chi connectivity index (χ2n) is 3.79. The van der Waals surface area contributed by atoms with Crippen LogP contribution in [-0.4, -0.2) is 21.8 Å². The van der Waals surface area contributed by atoms with Gasteiger partial charge in [0, 0.05) is 24.5 Å². The first-order valence-corrected chi connectivity index (χ1v) is 5.54. The number of rotatable bonds is 4. The van der Waals surface area contributed by atoms with Gasteiger partial charge in [-0.25, -0.2) is 4.39 Å². The minimum atomic E-state index is -0.328. The summed E-state index contributed by atoms with van der Waals surface area (Å²) >= 11 is 0. The largest absolute Gasteiger partial charge is 0.309 e. The van der Waals surface area contributed by atoms with Crippen LogP contribution >= 0.6 is 0 Å². The molecule has 2 heterocycles. The molecule has 1 atom stereocenters. The molecule has 0 saturated heterocycles. The molecule has 4 nitrogen and oxygen atoms in total.